The van der Waals surface area contributed by atoms with Gasteiger partial charge in [0.15, 0.2) is 0 Å². The molecule has 2 aromatic carbocycles. The van der Waals surface area contributed by atoms with Crippen molar-refractivity contribution in [2.75, 3.05) is 24.2 Å². The summed E-state index contributed by atoms with van der Waals surface area (Å²) in [4.78, 5) is 28.2. The number of amides is 2. The fourth-order valence-corrected chi connectivity index (χ4v) is 6.09. The van der Waals surface area contributed by atoms with Gasteiger partial charge in [-0.1, -0.05) is 60.7 Å². The van der Waals surface area contributed by atoms with Crippen molar-refractivity contribution in [1.29, 1.82) is 0 Å². The van der Waals surface area contributed by atoms with Gasteiger partial charge in [0.1, 0.15) is 11.8 Å². The van der Waals surface area contributed by atoms with Gasteiger partial charge in [0, 0.05) is 25.6 Å². The Balaban J connectivity index is 1.75. The molecule has 11 heteroatoms. The summed E-state index contributed by atoms with van der Waals surface area (Å²) in [6, 6.07) is 11.3. The number of hydrogen-bond donors (Lipinski definition) is 1. The van der Waals surface area contributed by atoms with Crippen LogP contribution in [-0.4, -0.2) is 57.1 Å². The minimum Gasteiger partial charge on any atom is -0.495 e. The van der Waals surface area contributed by atoms with Crippen molar-refractivity contribution in [2.24, 2.45) is 0 Å². The van der Waals surface area contributed by atoms with Crippen LogP contribution in [0.2, 0.25) is 10.0 Å². The summed E-state index contributed by atoms with van der Waals surface area (Å²) in [6.07, 6.45) is 6.61. The molecule has 8 nitrogen and oxygen atoms in total. The number of methoxy groups -OCH3 is 1. The molecule has 0 heterocycles. The highest BCUT2D eigenvalue weighted by atomic mass is 35.5. The summed E-state index contributed by atoms with van der Waals surface area (Å²) in [7, 11) is -2.16. The summed E-state index contributed by atoms with van der Waals surface area (Å²) < 4.78 is 31.8. The molecule has 0 aromatic heterocycles. The smallest absolute Gasteiger partial charge is 0.242 e. The lowest BCUT2D eigenvalue weighted by molar-refractivity contribution is -0.141. The lowest BCUT2D eigenvalue weighted by Gasteiger charge is -2.31. The largest absolute Gasteiger partial charge is 0.495 e. The average Bonchev–Trinajstić information content (AvgIpc) is 2.91. The number of nitrogens with zero attached hydrogens (tertiary/aromatic N) is 2. The number of para-hydroxylation sites is 2. The standard InChI is InChI=1S/C28H37Cl2N3O5S/c1-20(28(35)31-22-10-5-4-6-11-22)32(19-21-15-16-23(29)24(30)18-21)27(34)14-9-17-33(39(3,36)37)25-12-7-8-13-26(25)38-2/h7-8,12-13,15-16,18,20,22H,4-6,9-11,14,17,19H2,1-3H3,(H,31,35). The predicted molar refractivity (Wildman–Crippen MR) is 156 cm³/mol. The van der Waals surface area contributed by atoms with Gasteiger partial charge in [0.05, 0.1) is 29.1 Å². The first-order valence-corrected chi connectivity index (χ1v) is 15.8. The van der Waals surface area contributed by atoms with E-state index < -0.39 is 16.1 Å². The Kier molecular flexibility index (Phi) is 11.3. The van der Waals surface area contributed by atoms with Gasteiger partial charge >= 0.3 is 0 Å². The van der Waals surface area contributed by atoms with Crippen LogP contribution in [0, 0.1) is 0 Å². The zero-order chi connectivity index (χ0) is 28.6. The van der Waals surface area contributed by atoms with E-state index >= 15 is 0 Å². The fraction of sp³-hybridized carbons (Fsp3) is 0.500. The van der Waals surface area contributed by atoms with Gasteiger partial charge in [-0.15, -0.1) is 0 Å². The average molecular weight is 599 g/mol. The van der Waals surface area contributed by atoms with Crippen LogP contribution in [0.15, 0.2) is 42.5 Å². The molecule has 1 N–H and O–H groups in total. The molecule has 2 aromatic rings. The molecule has 1 aliphatic carbocycles. The van der Waals surface area contributed by atoms with Crippen molar-refractivity contribution in [3.8, 4) is 5.75 Å². The molecule has 0 radical (unpaired) electrons. The number of carbonyl (C=O) groups is 2. The third kappa shape index (κ3) is 8.75. The molecule has 1 unspecified atom stereocenters. The zero-order valence-corrected chi connectivity index (χ0v) is 25.0. The molecule has 1 fully saturated rings. The Morgan fingerprint density at radius 1 is 1.08 bits per heavy atom. The third-order valence-electron chi connectivity index (χ3n) is 6.96. The Hall–Kier alpha value is -2.49. The van der Waals surface area contributed by atoms with Crippen LogP contribution in [-0.2, 0) is 26.2 Å². The van der Waals surface area contributed by atoms with Crippen LogP contribution in [0.1, 0.15) is 57.4 Å². The molecule has 1 atom stereocenters. The van der Waals surface area contributed by atoms with E-state index in [9.17, 15) is 18.0 Å². The molecule has 214 valence electrons. The summed E-state index contributed by atoms with van der Waals surface area (Å²) in [6.45, 7) is 1.96. The molecular formula is C28H37Cl2N3O5S. The van der Waals surface area contributed by atoms with E-state index in [1.807, 2.05) is 0 Å². The minimum absolute atomic E-state index is 0.0452. The van der Waals surface area contributed by atoms with E-state index in [0.29, 0.717) is 21.5 Å². The first-order valence-electron chi connectivity index (χ1n) is 13.2. The number of benzene rings is 2. The highest BCUT2D eigenvalue weighted by Crippen LogP contribution is 2.30. The summed E-state index contributed by atoms with van der Waals surface area (Å²) in [5.41, 5.74) is 1.14. The van der Waals surface area contributed by atoms with Crippen molar-refractivity contribution >= 4 is 50.7 Å². The topological polar surface area (TPSA) is 96.0 Å². The molecule has 1 saturated carbocycles. The van der Waals surface area contributed by atoms with Crippen molar-refractivity contribution in [1.82, 2.24) is 10.2 Å². The molecule has 3 rings (SSSR count). The van der Waals surface area contributed by atoms with Gasteiger partial charge in [-0.2, -0.15) is 0 Å². The van der Waals surface area contributed by atoms with Gasteiger partial charge in [-0.25, -0.2) is 8.42 Å². The summed E-state index contributed by atoms with van der Waals surface area (Å²) >= 11 is 12.3. The molecule has 0 aliphatic heterocycles. The van der Waals surface area contributed by atoms with E-state index in [-0.39, 0.29) is 43.8 Å². The van der Waals surface area contributed by atoms with Gasteiger partial charge < -0.3 is 15.0 Å². The fourth-order valence-electron chi connectivity index (χ4n) is 4.80. The van der Waals surface area contributed by atoms with E-state index in [1.54, 1.807) is 49.4 Å². The van der Waals surface area contributed by atoms with Crippen LogP contribution in [0.3, 0.4) is 0 Å². The number of anilines is 1. The Morgan fingerprint density at radius 3 is 2.41 bits per heavy atom. The van der Waals surface area contributed by atoms with Crippen LogP contribution in [0.4, 0.5) is 5.69 Å². The van der Waals surface area contributed by atoms with E-state index in [2.05, 4.69) is 5.32 Å². The van der Waals surface area contributed by atoms with E-state index in [0.717, 1.165) is 37.5 Å². The number of nitrogens with one attached hydrogen (secondary N) is 1. The quantitative estimate of drug-likeness (QED) is 0.352. The number of sulfonamides is 1. The Bertz CT molecular complexity index is 1250. The maximum atomic E-state index is 13.5. The molecule has 39 heavy (non-hydrogen) atoms. The van der Waals surface area contributed by atoms with E-state index in [1.165, 1.54) is 22.7 Å². The maximum absolute atomic E-state index is 13.5. The number of ether oxygens (including phenoxy) is 1. The van der Waals surface area contributed by atoms with Crippen LogP contribution < -0.4 is 14.4 Å². The van der Waals surface area contributed by atoms with Crippen molar-refractivity contribution in [3.63, 3.8) is 0 Å². The first kappa shape index (κ1) is 31.0. The van der Waals surface area contributed by atoms with Crippen LogP contribution in [0.25, 0.3) is 0 Å². The number of carbonyl (C=O) groups excluding carboxylic acids is 2. The van der Waals surface area contributed by atoms with Gasteiger partial charge in [0.2, 0.25) is 21.8 Å². The van der Waals surface area contributed by atoms with Crippen molar-refractivity contribution in [3.05, 3.63) is 58.1 Å². The minimum atomic E-state index is -3.64. The second-order valence-corrected chi connectivity index (χ2v) is 12.6. The van der Waals surface area contributed by atoms with Crippen LogP contribution >= 0.6 is 23.2 Å². The molecule has 1 aliphatic rings. The highest BCUT2D eigenvalue weighted by molar-refractivity contribution is 7.92. The van der Waals surface area contributed by atoms with E-state index in [4.69, 9.17) is 27.9 Å². The summed E-state index contributed by atoms with van der Waals surface area (Å²) in [5.74, 6) is -0.0496. The Labute approximate surface area is 241 Å². The second kappa shape index (κ2) is 14.2. The second-order valence-electron chi connectivity index (χ2n) is 9.90. The monoisotopic (exact) mass is 597 g/mol. The third-order valence-corrected chi connectivity index (χ3v) is 8.88. The molecule has 2 amide bonds. The van der Waals surface area contributed by atoms with Gasteiger partial charge in [-0.05, 0) is 56.0 Å². The number of hydrogen-bond acceptors (Lipinski definition) is 5. The molecule has 0 spiro atoms. The summed E-state index contributed by atoms with van der Waals surface area (Å²) in [5, 5.41) is 3.87. The molecule has 0 saturated heterocycles. The van der Waals surface area contributed by atoms with Crippen molar-refractivity contribution in [2.45, 2.75) is 70.5 Å². The number of rotatable bonds is 12. The molecule has 0 bridgehead atoms. The molecular weight excluding hydrogens is 561 g/mol. The van der Waals surface area contributed by atoms with Gasteiger partial charge in [-0.3, -0.25) is 13.9 Å². The predicted octanol–water partition coefficient (Wildman–Crippen LogP) is 5.41. The Morgan fingerprint density at radius 2 is 1.77 bits per heavy atom. The van der Waals surface area contributed by atoms with Crippen molar-refractivity contribution < 1.29 is 22.7 Å². The SMILES string of the molecule is COc1ccccc1N(CCCC(=O)N(Cc1ccc(Cl)c(Cl)c1)C(C)C(=O)NC1CCCCC1)S(C)(=O)=O. The van der Waals surface area contributed by atoms with Crippen LogP contribution in [0.5, 0.6) is 5.75 Å². The lowest BCUT2D eigenvalue weighted by atomic mass is 9.95. The first-order chi connectivity index (χ1) is 18.5. The van der Waals surface area contributed by atoms with Gasteiger partial charge in [0.25, 0.3) is 0 Å². The zero-order valence-electron chi connectivity index (χ0n) is 22.7. The normalized spacial score (nSPS) is 14.9. The highest BCUT2D eigenvalue weighted by Gasteiger charge is 2.29. The maximum Gasteiger partial charge on any atom is 0.242 e. The lowest BCUT2D eigenvalue weighted by Crippen LogP contribution is -2.50. The number of halogens is 2.